The largest absolute Gasteiger partial charge is 0.493 e. The second-order valence-electron chi connectivity index (χ2n) is 5.74. The van der Waals surface area contributed by atoms with Gasteiger partial charge >= 0.3 is 0 Å². The van der Waals surface area contributed by atoms with E-state index >= 15 is 0 Å². The number of aromatic nitrogens is 2. The van der Waals surface area contributed by atoms with E-state index in [9.17, 15) is 14.9 Å². The summed E-state index contributed by atoms with van der Waals surface area (Å²) in [5.74, 6) is 0.231. The number of hydrogen-bond acceptors (Lipinski definition) is 7. The molecule has 0 N–H and O–H groups in total. The maximum absolute atomic E-state index is 12.7. The molecule has 0 aliphatic rings. The predicted molar refractivity (Wildman–Crippen MR) is 100 cm³/mol. The summed E-state index contributed by atoms with van der Waals surface area (Å²) in [7, 11) is 1.43. The van der Waals surface area contributed by atoms with Gasteiger partial charge in [-0.05, 0) is 26.0 Å². The highest BCUT2D eigenvalue weighted by Crippen LogP contribution is 2.31. The topological polar surface area (TPSA) is 96.5 Å². The number of ether oxygens (including phenoxy) is 2. The van der Waals surface area contributed by atoms with Crippen LogP contribution in [0.3, 0.4) is 0 Å². The molecule has 3 aromatic rings. The van der Waals surface area contributed by atoms with Crippen LogP contribution in [0.1, 0.15) is 21.7 Å². The van der Waals surface area contributed by atoms with Gasteiger partial charge in [-0.25, -0.2) is 4.98 Å². The minimum Gasteiger partial charge on any atom is -0.493 e. The van der Waals surface area contributed by atoms with E-state index < -0.39 is 4.92 Å². The van der Waals surface area contributed by atoms with E-state index in [4.69, 9.17) is 9.47 Å². The van der Waals surface area contributed by atoms with Gasteiger partial charge in [0.05, 0.1) is 18.1 Å². The number of hydrogen-bond donors (Lipinski definition) is 0. The molecule has 0 aliphatic heterocycles. The molecule has 0 aliphatic carbocycles. The predicted octanol–water partition coefficient (Wildman–Crippen LogP) is 3.73. The minimum absolute atomic E-state index is 0.139. The molecule has 3 rings (SSSR count). The highest BCUT2D eigenvalue weighted by molar-refractivity contribution is 7.12. The van der Waals surface area contributed by atoms with Crippen molar-refractivity contribution < 1.29 is 19.2 Å². The molecule has 8 nitrogen and oxygen atoms in total. The Balaban J connectivity index is 1.82. The molecular weight excluding hydrogens is 370 g/mol. The standard InChI is InChI=1S/C18H17N3O5S/c1-11-8-14(12(2)20(11)18-19-6-7-27-18)15(22)10-26-17-9-13(21(23)24)4-5-16(17)25-3/h4-9H,10H2,1-3H3. The van der Waals surface area contributed by atoms with Gasteiger partial charge in [0, 0.05) is 34.6 Å². The van der Waals surface area contributed by atoms with Gasteiger partial charge in [-0.1, -0.05) is 0 Å². The van der Waals surface area contributed by atoms with Crippen LogP contribution >= 0.6 is 11.3 Å². The molecule has 2 heterocycles. The molecule has 0 atom stereocenters. The lowest BCUT2D eigenvalue weighted by Gasteiger charge is -2.10. The number of Topliss-reactive ketones (excluding diaryl/α,β-unsaturated/α-hetero) is 1. The second kappa shape index (κ2) is 7.58. The lowest BCUT2D eigenvalue weighted by Crippen LogP contribution is -2.13. The smallest absolute Gasteiger partial charge is 0.273 e. The van der Waals surface area contributed by atoms with Crippen molar-refractivity contribution in [3.63, 3.8) is 0 Å². The number of benzene rings is 1. The molecule has 0 fully saturated rings. The molecule has 0 radical (unpaired) electrons. The summed E-state index contributed by atoms with van der Waals surface area (Å²) in [6, 6.07) is 5.78. The summed E-state index contributed by atoms with van der Waals surface area (Å²) < 4.78 is 12.6. The van der Waals surface area contributed by atoms with E-state index in [0.29, 0.717) is 11.3 Å². The average molecular weight is 387 g/mol. The highest BCUT2D eigenvalue weighted by atomic mass is 32.1. The summed E-state index contributed by atoms with van der Waals surface area (Å²) in [4.78, 5) is 27.4. The van der Waals surface area contributed by atoms with Crippen LogP contribution in [0, 0.1) is 24.0 Å². The van der Waals surface area contributed by atoms with Crippen molar-refractivity contribution in [2.45, 2.75) is 13.8 Å². The first kappa shape index (κ1) is 18.6. The quantitative estimate of drug-likeness (QED) is 0.348. The van der Waals surface area contributed by atoms with Gasteiger partial charge in [-0.2, -0.15) is 0 Å². The van der Waals surface area contributed by atoms with Crippen LogP contribution < -0.4 is 9.47 Å². The van der Waals surface area contributed by atoms with Gasteiger partial charge in [0.25, 0.3) is 5.69 Å². The van der Waals surface area contributed by atoms with Crippen molar-refractivity contribution in [2.24, 2.45) is 0 Å². The summed E-state index contributed by atoms with van der Waals surface area (Å²) >= 11 is 1.48. The Kier molecular flexibility index (Phi) is 5.22. The van der Waals surface area contributed by atoms with Crippen LogP contribution in [0.5, 0.6) is 11.5 Å². The molecule has 0 saturated carbocycles. The summed E-state index contributed by atoms with van der Waals surface area (Å²) in [6.45, 7) is 3.48. The summed E-state index contributed by atoms with van der Waals surface area (Å²) in [5.41, 5.74) is 2.04. The normalized spacial score (nSPS) is 10.6. The number of rotatable bonds is 7. The second-order valence-corrected chi connectivity index (χ2v) is 6.61. The summed E-state index contributed by atoms with van der Waals surface area (Å²) in [6.07, 6.45) is 1.71. The van der Waals surface area contributed by atoms with E-state index in [0.717, 1.165) is 16.5 Å². The molecule has 27 heavy (non-hydrogen) atoms. The highest BCUT2D eigenvalue weighted by Gasteiger charge is 2.19. The van der Waals surface area contributed by atoms with Crippen LogP contribution in [0.2, 0.25) is 0 Å². The Morgan fingerprint density at radius 1 is 1.30 bits per heavy atom. The van der Waals surface area contributed by atoms with Crippen molar-refractivity contribution >= 4 is 22.8 Å². The summed E-state index contributed by atoms with van der Waals surface area (Å²) in [5, 5.41) is 13.6. The molecule has 0 amide bonds. The zero-order chi connectivity index (χ0) is 19.6. The van der Waals surface area contributed by atoms with Gasteiger partial charge in [0.15, 0.2) is 23.2 Å². The maximum Gasteiger partial charge on any atom is 0.273 e. The first-order valence-corrected chi connectivity index (χ1v) is 8.87. The molecule has 2 aromatic heterocycles. The fourth-order valence-electron chi connectivity index (χ4n) is 2.78. The Bertz CT molecular complexity index is 995. The van der Waals surface area contributed by atoms with Gasteiger partial charge in [0.2, 0.25) is 5.78 Å². The van der Waals surface area contributed by atoms with Crippen molar-refractivity contribution in [1.29, 1.82) is 0 Å². The molecule has 1 aromatic carbocycles. The van der Waals surface area contributed by atoms with Crippen LogP contribution in [-0.4, -0.2) is 34.0 Å². The zero-order valence-corrected chi connectivity index (χ0v) is 15.8. The zero-order valence-electron chi connectivity index (χ0n) is 15.0. The number of carbonyl (C=O) groups excluding carboxylic acids is 1. The van der Waals surface area contributed by atoms with Crippen molar-refractivity contribution in [3.05, 3.63) is 62.9 Å². The molecule has 140 valence electrons. The number of thiazole rings is 1. The number of carbonyl (C=O) groups is 1. The molecule has 0 saturated heterocycles. The number of nitro groups is 1. The Hall–Kier alpha value is -3.20. The fourth-order valence-corrected chi connectivity index (χ4v) is 3.53. The van der Waals surface area contributed by atoms with Crippen LogP contribution in [0.4, 0.5) is 5.69 Å². The van der Waals surface area contributed by atoms with Gasteiger partial charge in [-0.3, -0.25) is 19.5 Å². The van der Waals surface area contributed by atoms with Crippen molar-refractivity contribution in [1.82, 2.24) is 9.55 Å². The Labute approximate surface area is 159 Å². The minimum atomic E-state index is -0.532. The van der Waals surface area contributed by atoms with E-state index in [1.165, 1.54) is 36.6 Å². The Morgan fingerprint density at radius 3 is 2.70 bits per heavy atom. The van der Waals surface area contributed by atoms with E-state index in [1.54, 1.807) is 12.3 Å². The first-order valence-electron chi connectivity index (χ1n) is 7.99. The lowest BCUT2D eigenvalue weighted by atomic mass is 10.1. The number of methoxy groups -OCH3 is 1. The maximum atomic E-state index is 12.7. The molecular formula is C18H17N3O5S. The monoisotopic (exact) mass is 387 g/mol. The Morgan fingerprint density at radius 2 is 2.07 bits per heavy atom. The molecule has 0 bridgehead atoms. The number of nitrogens with zero attached hydrogens (tertiary/aromatic N) is 3. The van der Waals surface area contributed by atoms with Crippen molar-refractivity contribution in [2.75, 3.05) is 13.7 Å². The van der Waals surface area contributed by atoms with E-state index in [1.807, 2.05) is 23.8 Å². The first-order chi connectivity index (χ1) is 12.9. The molecule has 0 spiro atoms. The van der Waals surface area contributed by atoms with E-state index in [2.05, 4.69) is 4.98 Å². The van der Waals surface area contributed by atoms with Gasteiger partial charge in [0.1, 0.15) is 0 Å². The van der Waals surface area contributed by atoms with Crippen molar-refractivity contribution in [3.8, 4) is 16.6 Å². The van der Waals surface area contributed by atoms with Crippen LogP contribution in [0.25, 0.3) is 5.13 Å². The number of ketones is 1. The van der Waals surface area contributed by atoms with E-state index in [-0.39, 0.29) is 23.8 Å². The van der Waals surface area contributed by atoms with Crippen LogP contribution in [0.15, 0.2) is 35.8 Å². The third-order valence-electron chi connectivity index (χ3n) is 4.06. The van der Waals surface area contributed by atoms with Gasteiger partial charge in [-0.15, -0.1) is 11.3 Å². The number of non-ortho nitro benzene ring substituents is 1. The number of nitro benzene ring substituents is 1. The SMILES string of the molecule is COc1ccc([N+](=O)[O-])cc1OCC(=O)c1cc(C)n(-c2nccs2)c1C. The third kappa shape index (κ3) is 3.68. The third-order valence-corrected chi connectivity index (χ3v) is 4.82. The van der Waals surface area contributed by atoms with Gasteiger partial charge < -0.3 is 9.47 Å². The molecule has 0 unspecified atom stereocenters. The van der Waals surface area contributed by atoms with Crippen LogP contribution in [-0.2, 0) is 0 Å². The number of aryl methyl sites for hydroxylation is 1. The average Bonchev–Trinajstić information content (AvgIpc) is 3.27. The fraction of sp³-hybridized carbons (Fsp3) is 0.222. The molecule has 9 heteroatoms. The lowest BCUT2D eigenvalue weighted by molar-refractivity contribution is -0.385.